The van der Waals surface area contributed by atoms with Crippen LogP contribution in [-0.4, -0.2) is 69.9 Å². The summed E-state index contributed by atoms with van der Waals surface area (Å²) in [4.78, 5) is 44.9. The number of nitrogens with one attached hydrogen (secondary N) is 1. The maximum atomic E-state index is 12.6. The van der Waals surface area contributed by atoms with Crippen molar-refractivity contribution in [2.24, 2.45) is 0 Å². The molecule has 0 bridgehead atoms. The van der Waals surface area contributed by atoms with Gasteiger partial charge >= 0.3 is 0 Å². The molecule has 1 aromatic heterocycles. The number of rotatable bonds is 5. The van der Waals surface area contributed by atoms with Gasteiger partial charge in [0.15, 0.2) is 0 Å². The van der Waals surface area contributed by atoms with Gasteiger partial charge < -0.3 is 10.2 Å². The number of nitrogens with zero attached hydrogens (tertiary/aromatic N) is 4. The first-order valence-electron chi connectivity index (χ1n) is 9.17. The van der Waals surface area contributed by atoms with Gasteiger partial charge in [-0.15, -0.1) is 0 Å². The van der Waals surface area contributed by atoms with E-state index >= 15 is 0 Å². The summed E-state index contributed by atoms with van der Waals surface area (Å²) in [6, 6.07) is 7.22. The minimum atomic E-state index is -0.210. The second-order valence-electron chi connectivity index (χ2n) is 7.07. The van der Waals surface area contributed by atoms with Crippen LogP contribution in [0.15, 0.2) is 35.4 Å². The lowest BCUT2D eigenvalue weighted by atomic mass is 10.2. The topological polar surface area (TPSA) is 87.5 Å². The molecule has 1 aromatic carbocycles. The SMILES string of the molecule is CC(C)NC(=O)CN1CCN(C(=O)Cn2cnc3ccccc3c2=O)CC1. The van der Waals surface area contributed by atoms with Crippen LogP contribution >= 0.6 is 0 Å². The summed E-state index contributed by atoms with van der Waals surface area (Å²) in [5.41, 5.74) is 0.414. The minimum absolute atomic E-state index is 0.00133. The van der Waals surface area contributed by atoms with Crippen LogP contribution in [0.3, 0.4) is 0 Å². The van der Waals surface area contributed by atoms with Gasteiger partial charge in [0.2, 0.25) is 11.8 Å². The standard InChI is InChI=1S/C19H25N5O3/c1-14(2)21-17(25)11-22-7-9-23(10-8-22)18(26)12-24-13-20-16-6-4-3-5-15(16)19(24)27/h3-6,13-14H,7-12H2,1-2H3,(H,21,25). The second-order valence-corrected chi connectivity index (χ2v) is 7.07. The molecule has 2 amide bonds. The largest absolute Gasteiger partial charge is 0.353 e. The van der Waals surface area contributed by atoms with Crippen LogP contribution in [0.25, 0.3) is 10.9 Å². The highest BCUT2D eigenvalue weighted by Gasteiger charge is 2.23. The quantitative estimate of drug-likeness (QED) is 0.803. The van der Waals surface area contributed by atoms with Crippen LogP contribution < -0.4 is 10.9 Å². The molecule has 8 nitrogen and oxygen atoms in total. The van der Waals surface area contributed by atoms with Crippen LogP contribution in [0, 0.1) is 0 Å². The van der Waals surface area contributed by atoms with E-state index < -0.39 is 0 Å². The van der Waals surface area contributed by atoms with Crippen molar-refractivity contribution in [3.8, 4) is 0 Å². The van der Waals surface area contributed by atoms with Crippen molar-refractivity contribution in [2.75, 3.05) is 32.7 Å². The van der Waals surface area contributed by atoms with E-state index in [2.05, 4.69) is 10.3 Å². The number of carbonyl (C=O) groups excluding carboxylic acids is 2. The Morgan fingerprint density at radius 3 is 2.52 bits per heavy atom. The Morgan fingerprint density at radius 2 is 1.81 bits per heavy atom. The van der Waals surface area contributed by atoms with Crippen molar-refractivity contribution >= 4 is 22.7 Å². The number of benzene rings is 1. The van der Waals surface area contributed by atoms with E-state index in [9.17, 15) is 14.4 Å². The van der Waals surface area contributed by atoms with Crippen LogP contribution in [-0.2, 0) is 16.1 Å². The predicted molar refractivity (Wildman–Crippen MR) is 102 cm³/mol. The summed E-state index contributed by atoms with van der Waals surface area (Å²) in [5.74, 6) is -0.112. The summed E-state index contributed by atoms with van der Waals surface area (Å²) in [6.45, 7) is 6.55. The molecule has 3 rings (SSSR count). The normalized spacial score (nSPS) is 15.3. The van der Waals surface area contributed by atoms with Crippen LogP contribution in [0.1, 0.15) is 13.8 Å². The molecule has 0 unspecified atom stereocenters. The first kappa shape index (κ1) is 19.0. The fraction of sp³-hybridized carbons (Fsp3) is 0.474. The van der Waals surface area contributed by atoms with E-state index in [1.165, 1.54) is 10.9 Å². The van der Waals surface area contributed by atoms with Crippen molar-refractivity contribution in [1.29, 1.82) is 0 Å². The summed E-state index contributed by atoms with van der Waals surface area (Å²) < 4.78 is 1.35. The molecule has 2 heterocycles. The Kier molecular flexibility index (Phi) is 5.85. The molecule has 0 aliphatic carbocycles. The van der Waals surface area contributed by atoms with Crippen LogP contribution in [0.5, 0.6) is 0 Å². The average Bonchev–Trinajstić information content (AvgIpc) is 2.64. The third-order valence-electron chi connectivity index (χ3n) is 4.58. The van der Waals surface area contributed by atoms with Crippen LogP contribution in [0.2, 0.25) is 0 Å². The molecular weight excluding hydrogens is 346 g/mol. The van der Waals surface area contributed by atoms with E-state index in [0.29, 0.717) is 43.6 Å². The molecule has 8 heteroatoms. The highest BCUT2D eigenvalue weighted by atomic mass is 16.2. The predicted octanol–water partition coefficient (Wildman–Crippen LogP) is 0.0653. The molecule has 1 fully saturated rings. The first-order chi connectivity index (χ1) is 12.9. The molecule has 27 heavy (non-hydrogen) atoms. The summed E-state index contributed by atoms with van der Waals surface area (Å²) in [5, 5.41) is 3.38. The monoisotopic (exact) mass is 371 g/mol. The Labute approximate surface area is 157 Å². The lowest BCUT2D eigenvalue weighted by Crippen LogP contribution is -2.52. The number of aromatic nitrogens is 2. The van der Waals surface area contributed by atoms with Gasteiger partial charge in [-0.05, 0) is 26.0 Å². The zero-order chi connectivity index (χ0) is 19.4. The fourth-order valence-electron chi connectivity index (χ4n) is 3.19. The third kappa shape index (κ3) is 4.71. The van der Waals surface area contributed by atoms with Crippen LogP contribution in [0.4, 0.5) is 0 Å². The first-order valence-corrected chi connectivity index (χ1v) is 9.17. The van der Waals surface area contributed by atoms with Crippen molar-refractivity contribution in [3.63, 3.8) is 0 Å². The van der Waals surface area contributed by atoms with E-state index in [4.69, 9.17) is 0 Å². The minimum Gasteiger partial charge on any atom is -0.353 e. The smallest absolute Gasteiger partial charge is 0.261 e. The maximum Gasteiger partial charge on any atom is 0.261 e. The maximum absolute atomic E-state index is 12.6. The highest BCUT2D eigenvalue weighted by molar-refractivity contribution is 5.79. The zero-order valence-electron chi connectivity index (χ0n) is 15.7. The molecule has 144 valence electrons. The van der Waals surface area contributed by atoms with Gasteiger partial charge in [-0.1, -0.05) is 12.1 Å². The zero-order valence-corrected chi connectivity index (χ0v) is 15.7. The molecule has 0 saturated carbocycles. The molecule has 1 aliphatic heterocycles. The number of fused-ring (bicyclic) bond motifs is 1. The van der Waals surface area contributed by atoms with Crippen molar-refractivity contribution in [1.82, 2.24) is 24.7 Å². The highest BCUT2D eigenvalue weighted by Crippen LogP contribution is 2.06. The lowest BCUT2D eigenvalue weighted by molar-refractivity contribution is -0.134. The van der Waals surface area contributed by atoms with E-state index in [-0.39, 0.29) is 30.0 Å². The lowest BCUT2D eigenvalue weighted by Gasteiger charge is -2.34. The van der Waals surface area contributed by atoms with Gasteiger partial charge in [0, 0.05) is 32.2 Å². The van der Waals surface area contributed by atoms with Gasteiger partial charge in [-0.3, -0.25) is 23.9 Å². The second kappa shape index (κ2) is 8.30. The summed E-state index contributed by atoms with van der Waals surface area (Å²) in [7, 11) is 0. The number of carbonyl (C=O) groups is 2. The van der Waals surface area contributed by atoms with Crippen molar-refractivity contribution in [3.05, 3.63) is 40.9 Å². The van der Waals surface area contributed by atoms with Gasteiger partial charge in [0.05, 0.1) is 23.8 Å². The summed E-state index contributed by atoms with van der Waals surface area (Å²) >= 11 is 0. The Hall–Kier alpha value is -2.74. The Balaban J connectivity index is 1.56. The van der Waals surface area contributed by atoms with Crippen molar-refractivity contribution in [2.45, 2.75) is 26.4 Å². The molecule has 0 spiro atoms. The number of piperazine rings is 1. The number of hydrogen-bond donors (Lipinski definition) is 1. The molecular formula is C19H25N5O3. The van der Waals surface area contributed by atoms with Gasteiger partial charge in [0.25, 0.3) is 5.56 Å². The fourth-order valence-corrected chi connectivity index (χ4v) is 3.19. The molecule has 1 N–H and O–H groups in total. The number of amides is 2. The molecule has 0 atom stereocenters. The molecule has 1 aliphatic rings. The van der Waals surface area contributed by atoms with Gasteiger partial charge in [-0.25, -0.2) is 4.98 Å². The van der Waals surface area contributed by atoms with E-state index in [1.54, 1.807) is 23.1 Å². The molecule has 0 radical (unpaired) electrons. The van der Waals surface area contributed by atoms with Gasteiger partial charge in [0.1, 0.15) is 6.54 Å². The third-order valence-corrected chi connectivity index (χ3v) is 4.58. The van der Waals surface area contributed by atoms with E-state index in [0.717, 1.165) is 0 Å². The Morgan fingerprint density at radius 1 is 1.11 bits per heavy atom. The summed E-state index contributed by atoms with van der Waals surface area (Å²) in [6.07, 6.45) is 1.43. The number of para-hydroxylation sites is 1. The van der Waals surface area contributed by atoms with Crippen molar-refractivity contribution < 1.29 is 9.59 Å². The molecule has 1 saturated heterocycles. The van der Waals surface area contributed by atoms with E-state index in [1.807, 2.05) is 24.8 Å². The Bertz CT molecular complexity index is 884. The number of hydrogen-bond acceptors (Lipinski definition) is 5. The average molecular weight is 371 g/mol. The molecule has 2 aromatic rings. The van der Waals surface area contributed by atoms with Gasteiger partial charge in [-0.2, -0.15) is 0 Å².